The number of hydrogen-bond donors (Lipinski definition) is 3. The van der Waals surface area contributed by atoms with Gasteiger partial charge in [-0.25, -0.2) is 9.97 Å². The Morgan fingerprint density at radius 2 is 2.05 bits per heavy atom. The Bertz CT molecular complexity index is 1220. The lowest BCUT2D eigenvalue weighted by Gasteiger charge is -2.36. The number of halogens is 1. The third-order valence-electron chi connectivity index (χ3n) is 7.39. The first-order valence-electron chi connectivity index (χ1n) is 13.2. The SMILES string of the molecule is CCCCN1CCN(c2ccc(C(=O)c3c[nH]c4ncnc(N[C@H]5CC[C@@H](CO)OC5)c34)c(Cl)c2)CC1. The molecule has 0 bridgehead atoms. The Hall–Kier alpha value is -2.72. The van der Waals surface area contributed by atoms with Crippen LogP contribution in [0.3, 0.4) is 0 Å². The second kappa shape index (κ2) is 11.8. The number of carbonyl (C=O) groups excluding carboxylic acids is 1. The Kier molecular flexibility index (Phi) is 8.24. The van der Waals surface area contributed by atoms with Crippen molar-refractivity contribution in [2.75, 3.05) is 56.2 Å². The number of benzene rings is 1. The predicted octanol–water partition coefficient (Wildman–Crippen LogP) is 3.72. The van der Waals surface area contributed by atoms with Gasteiger partial charge < -0.3 is 25.0 Å². The predicted molar refractivity (Wildman–Crippen MR) is 146 cm³/mol. The van der Waals surface area contributed by atoms with Gasteiger partial charge in [-0.2, -0.15) is 0 Å². The number of aromatic nitrogens is 3. The summed E-state index contributed by atoms with van der Waals surface area (Å²) in [5.74, 6) is 0.407. The van der Waals surface area contributed by atoms with Gasteiger partial charge in [0, 0.05) is 43.6 Å². The van der Waals surface area contributed by atoms with Gasteiger partial charge in [0.15, 0.2) is 5.78 Å². The number of piperazine rings is 1. The molecule has 198 valence electrons. The summed E-state index contributed by atoms with van der Waals surface area (Å²) in [6, 6.07) is 5.74. The minimum absolute atomic E-state index is 0.0235. The van der Waals surface area contributed by atoms with E-state index in [2.05, 4.69) is 37.0 Å². The van der Waals surface area contributed by atoms with E-state index >= 15 is 0 Å². The van der Waals surface area contributed by atoms with Crippen LogP contribution in [-0.4, -0.2) is 88.8 Å². The van der Waals surface area contributed by atoms with E-state index in [0.29, 0.717) is 39.6 Å². The number of anilines is 2. The fourth-order valence-electron chi connectivity index (χ4n) is 5.15. The van der Waals surface area contributed by atoms with Gasteiger partial charge in [-0.3, -0.25) is 9.69 Å². The zero-order chi connectivity index (χ0) is 25.8. The monoisotopic (exact) mass is 526 g/mol. The molecule has 9 nitrogen and oxygen atoms in total. The number of nitrogens with zero attached hydrogens (tertiary/aromatic N) is 4. The second-order valence-electron chi connectivity index (χ2n) is 9.88. The second-order valence-corrected chi connectivity index (χ2v) is 10.3. The van der Waals surface area contributed by atoms with Crippen molar-refractivity contribution in [3.63, 3.8) is 0 Å². The smallest absolute Gasteiger partial charge is 0.196 e. The molecule has 0 spiro atoms. The molecule has 0 unspecified atom stereocenters. The number of hydrogen-bond acceptors (Lipinski definition) is 8. The Balaban J connectivity index is 1.32. The first-order chi connectivity index (χ1) is 18.1. The number of unbranched alkanes of at least 4 members (excludes halogenated alkanes) is 1. The van der Waals surface area contributed by atoms with E-state index in [0.717, 1.165) is 51.3 Å². The van der Waals surface area contributed by atoms with Gasteiger partial charge in [0.2, 0.25) is 0 Å². The average Bonchev–Trinajstić information content (AvgIpc) is 3.37. The number of ketones is 1. The van der Waals surface area contributed by atoms with Crippen LogP contribution in [-0.2, 0) is 4.74 Å². The maximum absolute atomic E-state index is 13.6. The highest BCUT2D eigenvalue weighted by Crippen LogP contribution is 2.31. The molecule has 2 fully saturated rings. The van der Waals surface area contributed by atoms with Crippen molar-refractivity contribution in [2.24, 2.45) is 0 Å². The van der Waals surface area contributed by atoms with Gasteiger partial charge in [0.25, 0.3) is 0 Å². The molecule has 37 heavy (non-hydrogen) atoms. The number of carbonyl (C=O) groups is 1. The van der Waals surface area contributed by atoms with Gasteiger partial charge in [0.1, 0.15) is 17.8 Å². The van der Waals surface area contributed by atoms with Crippen molar-refractivity contribution in [1.29, 1.82) is 0 Å². The number of nitrogens with one attached hydrogen (secondary N) is 2. The van der Waals surface area contributed by atoms with Crippen LogP contribution in [0.5, 0.6) is 0 Å². The average molecular weight is 527 g/mol. The molecule has 2 aliphatic rings. The Morgan fingerprint density at radius 1 is 1.22 bits per heavy atom. The lowest BCUT2D eigenvalue weighted by atomic mass is 10.0. The van der Waals surface area contributed by atoms with Crippen LogP contribution in [0.25, 0.3) is 11.0 Å². The van der Waals surface area contributed by atoms with E-state index in [9.17, 15) is 9.90 Å². The van der Waals surface area contributed by atoms with E-state index in [1.54, 1.807) is 6.20 Å². The first kappa shape index (κ1) is 25.9. The van der Waals surface area contributed by atoms with Crippen molar-refractivity contribution in [3.8, 4) is 0 Å². The molecule has 1 aromatic carbocycles. The quantitative estimate of drug-likeness (QED) is 0.362. The summed E-state index contributed by atoms with van der Waals surface area (Å²) in [6.45, 7) is 7.84. The normalized spacial score (nSPS) is 20.9. The molecule has 0 radical (unpaired) electrons. The molecule has 4 heterocycles. The number of aromatic amines is 1. The third kappa shape index (κ3) is 5.75. The highest BCUT2D eigenvalue weighted by atomic mass is 35.5. The van der Waals surface area contributed by atoms with Crippen LogP contribution in [0, 0.1) is 0 Å². The topological polar surface area (TPSA) is 107 Å². The van der Waals surface area contributed by atoms with Crippen LogP contribution in [0.4, 0.5) is 11.5 Å². The first-order valence-corrected chi connectivity index (χ1v) is 13.6. The number of fused-ring (bicyclic) bond motifs is 1. The maximum atomic E-state index is 13.6. The molecule has 2 saturated heterocycles. The maximum Gasteiger partial charge on any atom is 0.196 e. The van der Waals surface area contributed by atoms with Gasteiger partial charge in [-0.15, -0.1) is 0 Å². The Morgan fingerprint density at radius 3 is 2.76 bits per heavy atom. The minimum Gasteiger partial charge on any atom is -0.394 e. The molecule has 2 aromatic heterocycles. The highest BCUT2D eigenvalue weighted by molar-refractivity contribution is 6.36. The number of rotatable bonds is 9. The lowest BCUT2D eigenvalue weighted by Crippen LogP contribution is -2.46. The summed E-state index contributed by atoms with van der Waals surface area (Å²) >= 11 is 6.68. The fraction of sp³-hybridized carbons (Fsp3) is 0.519. The summed E-state index contributed by atoms with van der Waals surface area (Å²) in [5, 5.41) is 13.8. The summed E-state index contributed by atoms with van der Waals surface area (Å²) in [5.41, 5.74) is 2.55. The van der Waals surface area contributed by atoms with E-state index in [1.165, 1.54) is 19.2 Å². The molecule has 10 heteroatoms. The molecule has 3 aromatic rings. The number of ether oxygens (including phenoxy) is 1. The highest BCUT2D eigenvalue weighted by Gasteiger charge is 2.25. The molecule has 0 aliphatic carbocycles. The molecule has 5 rings (SSSR count). The third-order valence-corrected chi connectivity index (χ3v) is 7.70. The summed E-state index contributed by atoms with van der Waals surface area (Å²) in [6.07, 6.45) is 7.07. The van der Waals surface area contributed by atoms with E-state index < -0.39 is 0 Å². The van der Waals surface area contributed by atoms with Crippen LogP contribution >= 0.6 is 11.6 Å². The molecule has 3 N–H and O–H groups in total. The number of H-pyrrole nitrogens is 1. The van der Waals surface area contributed by atoms with Crippen molar-refractivity contribution in [1.82, 2.24) is 19.9 Å². The van der Waals surface area contributed by atoms with E-state index in [1.807, 2.05) is 18.2 Å². The minimum atomic E-state index is -0.176. The molecule has 0 amide bonds. The van der Waals surface area contributed by atoms with Crippen LogP contribution in [0.15, 0.2) is 30.7 Å². The number of aliphatic hydroxyl groups excluding tert-OH is 1. The zero-order valence-electron chi connectivity index (χ0n) is 21.3. The Labute approximate surface area is 222 Å². The van der Waals surface area contributed by atoms with Crippen molar-refractivity contribution in [3.05, 3.63) is 46.9 Å². The van der Waals surface area contributed by atoms with Crippen LogP contribution < -0.4 is 10.2 Å². The number of aliphatic hydroxyl groups is 1. The van der Waals surface area contributed by atoms with Crippen LogP contribution in [0.2, 0.25) is 5.02 Å². The molecule has 2 atom stereocenters. The fourth-order valence-corrected chi connectivity index (χ4v) is 5.41. The summed E-state index contributed by atoms with van der Waals surface area (Å²) in [4.78, 5) is 30.3. The van der Waals surface area contributed by atoms with Gasteiger partial charge in [0.05, 0.1) is 41.3 Å². The summed E-state index contributed by atoms with van der Waals surface area (Å²) in [7, 11) is 0. The van der Waals surface area contributed by atoms with Crippen molar-refractivity contribution in [2.45, 2.75) is 44.8 Å². The molecule has 0 saturated carbocycles. The largest absolute Gasteiger partial charge is 0.394 e. The van der Waals surface area contributed by atoms with Gasteiger partial charge in [-0.1, -0.05) is 24.9 Å². The lowest BCUT2D eigenvalue weighted by molar-refractivity contribution is -0.0224. The summed E-state index contributed by atoms with van der Waals surface area (Å²) < 4.78 is 5.70. The van der Waals surface area contributed by atoms with Gasteiger partial charge in [-0.05, 0) is 44.0 Å². The zero-order valence-corrected chi connectivity index (χ0v) is 22.0. The van der Waals surface area contributed by atoms with Gasteiger partial charge >= 0.3 is 0 Å². The standard InChI is InChI=1S/C27H35ClN6O3/c1-2-3-8-33-9-11-34(12-10-33)19-5-7-21(23(28)13-19)25(36)22-14-29-26-24(22)27(31-17-30-26)32-18-4-6-20(15-35)37-16-18/h5,7,13-14,17-18,20,35H,2-4,6,8-12,15-16H2,1H3,(H2,29,30,31,32)/t18-,20-/m0/s1. The van der Waals surface area contributed by atoms with Crippen LogP contribution in [0.1, 0.15) is 48.5 Å². The van der Waals surface area contributed by atoms with E-state index in [4.69, 9.17) is 16.3 Å². The molecular weight excluding hydrogens is 492 g/mol. The van der Waals surface area contributed by atoms with Crippen molar-refractivity contribution < 1.29 is 14.6 Å². The van der Waals surface area contributed by atoms with Crippen molar-refractivity contribution >= 4 is 39.9 Å². The van der Waals surface area contributed by atoms with E-state index in [-0.39, 0.29) is 24.5 Å². The molecular formula is C27H35ClN6O3. The molecule has 2 aliphatic heterocycles.